The number of nitrogens with one attached hydrogen (secondary N) is 2. The van der Waals surface area contributed by atoms with Gasteiger partial charge in [0.05, 0.1) is 15.6 Å². The van der Waals surface area contributed by atoms with Crippen molar-refractivity contribution in [3.05, 3.63) is 58.9 Å². The van der Waals surface area contributed by atoms with Crippen LogP contribution in [0.5, 0.6) is 0 Å². The fraction of sp³-hybridized carbons (Fsp3) is 0.350. The Morgan fingerprint density at radius 1 is 1.17 bits per heavy atom. The zero-order chi connectivity index (χ0) is 21.4. The van der Waals surface area contributed by atoms with Crippen molar-refractivity contribution in [1.29, 1.82) is 0 Å². The third kappa shape index (κ3) is 7.30. The maximum atomic E-state index is 13.0. The molecule has 1 amide bonds. The molecule has 0 aromatic heterocycles. The zero-order valence-corrected chi connectivity index (χ0v) is 17.8. The minimum atomic E-state index is -3.98. The highest BCUT2D eigenvalue weighted by Gasteiger charge is 2.17. The number of carbonyl (C=O) groups excluding carboxylic acids is 1. The Balaban J connectivity index is 2.00. The summed E-state index contributed by atoms with van der Waals surface area (Å²) in [6.45, 7) is 5.76. The average Bonchev–Trinajstić information content (AvgIpc) is 2.66. The Hall–Kier alpha value is -2.16. The largest absolute Gasteiger partial charge is 0.381 e. The molecule has 0 saturated heterocycles. The molecule has 0 saturated carbocycles. The van der Waals surface area contributed by atoms with Gasteiger partial charge < -0.3 is 10.1 Å². The molecule has 0 spiro atoms. The Morgan fingerprint density at radius 2 is 1.86 bits per heavy atom. The van der Waals surface area contributed by atoms with Crippen molar-refractivity contribution in [3.8, 4) is 0 Å². The number of benzene rings is 2. The number of carbonyl (C=O) groups is 1. The first kappa shape index (κ1) is 23.1. The molecule has 0 heterocycles. The molecule has 2 rings (SSSR count). The third-order valence-corrected chi connectivity index (χ3v) is 5.51. The maximum absolute atomic E-state index is 13.0. The molecule has 0 fully saturated rings. The SMILES string of the molecule is CC(C)COCCCNC(=O)c1ccc(Cl)c(NS(=O)(=O)c2ccc(F)cc2)c1. The van der Waals surface area contributed by atoms with Crippen LogP contribution in [0.4, 0.5) is 10.1 Å². The van der Waals surface area contributed by atoms with E-state index in [4.69, 9.17) is 16.3 Å². The Kier molecular flexibility index (Phi) is 8.43. The fourth-order valence-corrected chi connectivity index (χ4v) is 3.65. The van der Waals surface area contributed by atoms with Gasteiger partial charge in [-0.2, -0.15) is 0 Å². The van der Waals surface area contributed by atoms with Gasteiger partial charge in [0.15, 0.2) is 0 Å². The summed E-state index contributed by atoms with van der Waals surface area (Å²) in [5, 5.41) is 2.89. The molecule has 9 heteroatoms. The van der Waals surface area contributed by atoms with E-state index in [1.165, 1.54) is 18.2 Å². The van der Waals surface area contributed by atoms with E-state index >= 15 is 0 Å². The predicted molar refractivity (Wildman–Crippen MR) is 111 cm³/mol. The monoisotopic (exact) mass is 442 g/mol. The van der Waals surface area contributed by atoms with Crippen LogP contribution < -0.4 is 10.0 Å². The summed E-state index contributed by atoms with van der Waals surface area (Å²) in [4.78, 5) is 12.2. The summed E-state index contributed by atoms with van der Waals surface area (Å²) >= 11 is 6.07. The summed E-state index contributed by atoms with van der Waals surface area (Å²) in [6.07, 6.45) is 0.663. The van der Waals surface area contributed by atoms with E-state index in [2.05, 4.69) is 23.9 Å². The maximum Gasteiger partial charge on any atom is 0.261 e. The van der Waals surface area contributed by atoms with Crippen molar-refractivity contribution in [1.82, 2.24) is 5.32 Å². The second kappa shape index (κ2) is 10.6. The summed E-state index contributed by atoms with van der Waals surface area (Å²) in [5.41, 5.74) is 0.318. The van der Waals surface area contributed by atoms with Gasteiger partial charge in [0, 0.05) is 25.3 Å². The normalized spacial score (nSPS) is 11.5. The van der Waals surface area contributed by atoms with Crippen LogP contribution in [0.1, 0.15) is 30.6 Å². The van der Waals surface area contributed by atoms with Gasteiger partial charge in [-0.05, 0) is 54.8 Å². The van der Waals surface area contributed by atoms with Crippen molar-refractivity contribution < 1.29 is 22.3 Å². The molecule has 0 aliphatic carbocycles. The van der Waals surface area contributed by atoms with Crippen LogP contribution in [0.2, 0.25) is 5.02 Å². The van der Waals surface area contributed by atoms with E-state index in [0.717, 1.165) is 24.3 Å². The molecule has 0 aliphatic heterocycles. The molecular weight excluding hydrogens is 419 g/mol. The molecule has 158 valence electrons. The summed E-state index contributed by atoms with van der Waals surface area (Å²) in [7, 11) is -3.98. The van der Waals surface area contributed by atoms with Crippen molar-refractivity contribution in [2.45, 2.75) is 25.2 Å². The number of halogens is 2. The number of amides is 1. The lowest BCUT2D eigenvalue weighted by Gasteiger charge is -2.12. The smallest absolute Gasteiger partial charge is 0.261 e. The minimum absolute atomic E-state index is 0.0592. The first-order chi connectivity index (χ1) is 13.7. The van der Waals surface area contributed by atoms with Crippen molar-refractivity contribution in [3.63, 3.8) is 0 Å². The number of rotatable bonds is 10. The molecule has 2 aromatic rings. The van der Waals surface area contributed by atoms with Crippen LogP contribution in [-0.2, 0) is 14.8 Å². The van der Waals surface area contributed by atoms with Crippen LogP contribution in [0, 0.1) is 11.7 Å². The predicted octanol–water partition coefficient (Wildman–Crippen LogP) is 4.07. The molecule has 29 heavy (non-hydrogen) atoms. The lowest BCUT2D eigenvalue weighted by atomic mass is 10.2. The molecular formula is C20H24ClFN2O4S. The minimum Gasteiger partial charge on any atom is -0.381 e. The highest BCUT2D eigenvalue weighted by molar-refractivity contribution is 7.92. The average molecular weight is 443 g/mol. The van der Waals surface area contributed by atoms with Crippen molar-refractivity contribution in [2.75, 3.05) is 24.5 Å². The first-order valence-electron chi connectivity index (χ1n) is 9.13. The van der Waals surface area contributed by atoms with Crippen molar-refractivity contribution >= 4 is 33.2 Å². The van der Waals surface area contributed by atoms with E-state index < -0.39 is 15.8 Å². The van der Waals surface area contributed by atoms with Crippen LogP contribution in [0.3, 0.4) is 0 Å². The van der Waals surface area contributed by atoms with E-state index in [0.29, 0.717) is 32.1 Å². The number of ether oxygens (including phenoxy) is 1. The second-order valence-electron chi connectivity index (χ2n) is 6.83. The van der Waals surface area contributed by atoms with Crippen molar-refractivity contribution in [2.24, 2.45) is 5.92 Å². The van der Waals surface area contributed by atoms with Gasteiger partial charge in [-0.1, -0.05) is 25.4 Å². The number of hydrogen-bond acceptors (Lipinski definition) is 4. The number of sulfonamides is 1. The zero-order valence-electron chi connectivity index (χ0n) is 16.2. The van der Waals surface area contributed by atoms with Gasteiger partial charge >= 0.3 is 0 Å². The van der Waals surface area contributed by atoms with Gasteiger partial charge in [-0.3, -0.25) is 9.52 Å². The second-order valence-corrected chi connectivity index (χ2v) is 8.92. The van der Waals surface area contributed by atoms with Crippen LogP contribution in [0.25, 0.3) is 0 Å². The Morgan fingerprint density at radius 3 is 2.52 bits per heavy atom. The molecule has 0 bridgehead atoms. The van der Waals surface area contributed by atoms with Gasteiger partial charge in [-0.15, -0.1) is 0 Å². The molecule has 2 N–H and O–H groups in total. The lowest BCUT2D eigenvalue weighted by molar-refractivity contribution is 0.0925. The number of hydrogen-bond donors (Lipinski definition) is 2. The quantitative estimate of drug-likeness (QED) is 0.543. The molecule has 6 nitrogen and oxygen atoms in total. The summed E-state index contributed by atoms with van der Waals surface area (Å²) < 4.78 is 45.7. The molecule has 0 unspecified atom stereocenters. The van der Waals surface area contributed by atoms with E-state index in [-0.39, 0.29) is 27.1 Å². The van der Waals surface area contributed by atoms with Crippen LogP contribution in [0.15, 0.2) is 47.4 Å². The standard InChI is InChI=1S/C20H24ClFN2O4S/c1-14(2)13-28-11-3-10-23-20(25)15-4-9-18(21)19(12-15)24-29(26,27)17-7-5-16(22)6-8-17/h4-9,12,14,24H,3,10-11,13H2,1-2H3,(H,23,25). The fourth-order valence-electron chi connectivity index (χ4n) is 2.36. The van der Waals surface area contributed by atoms with Crippen LogP contribution >= 0.6 is 11.6 Å². The highest BCUT2D eigenvalue weighted by atomic mass is 35.5. The molecule has 0 aliphatic rings. The van der Waals surface area contributed by atoms with Gasteiger partial charge in [0.1, 0.15) is 5.82 Å². The topological polar surface area (TPSA) is 84.5 Å². The first-order valence-corrected chi connectivity index (χ1v) is 11.0. The van der Waals surface area contributed by atoms with Gasteiger partial charge in [0.25, 0.3) is 15.9 Å². The van der Waals surface area contributed by atoms with Crippen LogP contribution in [-0.4, -0.2) is 34.1 Å². The van der Waals surface area contributed by atoms with Gasteiger partial charge in [-0.25, -0.2) is 12.8 Å². The van der Waals surface area contributed by atoms with Gasteiger partial charge in [0.2, 0.25) is 0 Å². The Labute approximate surface area is 175 Å². The summed E-state index contributed by atoms with van der Waals surface area (Å²) in [6, 6.07) is 8.67. The summed E-state index contributed by atoms with van der Waals surface area (Å²) in [5.74, 6) is -0.446. The highest BCUT2D eigenvalue weighted by Crippen LogP contribution is 2.26. The third-order valence-electron chi connectivity index (χ3n) is 3.80. The van der Waals surface area contributed by atoms with E-state index in [1.54, 1.807) is 0 Å². The molecule has 2 aromatic carbocycles. The molecule has 0 atom stereocenters. The molecule has 0 radical (unpaired) electrons. The number of anilines is 1. The Bertz CT molecular complexity index is 934. The van der Waals surface area contributed by atoms with E-state index in [1.807, 2.05) is 0 Å². The van der Waals surface area contributed by atoms with E-state index in [9.17, 15) is 17.6 Å². The lowest BCUT2D eigenvalue weighted by Crippen LogP contribution is -2.25.